The third-order valence-corrected chi connectivity index (χ3v) is 5.99. The van der Waals surface area contributed by atoms with Crippen LogP contribution in [-0.2, 0) is 0 Å². The molecule has 4 bridgehead atoms. The van der Waals surface area contributed by atoms with Gasteiger partial charge in [-0.3, -0.25) is 5.10 Å². The maximum absolute atomic E-state index is 4.17. The van der Waals surface area contributed by atoms with Gasteiger partial charge in [-0.1, -0.05) is 6.92 Å². The number of aromatic amines is 1. The van der Waals surface area contributed by atoms with Crippen LogP contribution in [0.15, 0.2) is 12.4 Å². The zero-order chi connectivity index (χ0) is 12.8. The van der Waals surface area contributed by atoms with Crippen LogP contribution in [-0.4, -0.2) is 16.7 Å². The highest BCUT2D eigenvalue weighted by Gasteiger charge is 2.50. The van der Waals surface area contributed by atoms with Crippen molar-refractivity contribution in [2.75, 3.05) is 6.54 Å². The van der Waals surface area contributed by atoms with E-state index in [1.54, 1.807) is 0 Å². The van der Waals surface area contributed by atoms with Crippen molar-refractivity contribution in [3.8, 4) is 0 Å². The second-order valence-electron chi connectivity index (χ2n) is 7.08. The summed E-state index contributed by atoms with van der Waals surface area (Å²) in [5, 5.41) is 10.9. The van der Waals surface area contributed by atoms with E-state index in [-0.39, 0.29) is 0 Å². The van der Waals surface area contributed by atoms with Crippen LogP contribution in [0.5, 0.6) is 0 Å². The number of nitrogens with one attached hydrogen (secondary N) is 2. The van der Waals surface area contributed by atoms with Gasteiger partial charge in [-0.25, -0.2) is 0 Å². The van der Waals surface area contributed by atoms with E-state index >= 15 is 0 Å². The summed E-state index contributed by atoms with van der Waals surface area (Å²) in [6, 6.07) is 0.527. The zero-order valence-corrected chi connectivity index (χ0v) is 11.8. The number of rotatable bonds is 4. The lowest BCUT2D eigenvalue weighted by atomic mass is 9.50. The third-order valence-electron chi connectivity index (χ3n) is 5.99. The molecule has 1 aromatic rings. The van der Waals surface area contributed by atoms with Gasteiger partial charge in [0.2, 0.25) is 0 Å². The van der Waals surface area contributed by atoms with Gasteiger partial charge in [-0.15, -0.1) is 0 Å². The molecule has 0 saturated heterocycles. The van der Waals surface area contributed by atoms with Crippen molar-refractivity contribution < 1.29 is 0 Å². The molecule has 4 saturated carbocycles. The first-order valence-electron chi connectivity index (χ1n) is 8.07. The van der Waals surface area contributed by atoms with Crippen LogP contribution in [0.3, 0.4) is 0 Å². The molecule has 0 amide bonds. The van der Waals surface area contributed by atoms with Gasteiger partial charge in [0.25, 0.3) is 0 Å². The molecule has 104 valence electrons. The molecule has 19 heavy (non-hydrogen) atoms. The Morgan fingerprint density at radius 1 is 1.21 bits per heavy atom. The van der Waals surface area contributed by atoms with Crippen molar-refractivity contribution in [2.24, 2.45) is 29.6 Å². The number of nitrogens with zero attached hydrogens (tertiary/aromatic N) is 1. The van der Waals surface area contributed by atoms with Crippen LogP contribution in [0.2, 0.25) is 0 Å². The highest BCUT2D eigenvalue weighted by Crippen LogP contribution is 2.59. The van der Waals surface area contributed by atoms with Crippen molar-refractivity contribution in [2.45, 2.75) is 45.1 Å². The predicted molar refractivity (Wildman–Crippen MR) is 75.5 cm³/mol. The molecule has 0 spiro atoms. The Morgan fingerprint density at radius 2 is 1.89 bits per heavy atom. The molecule has 2 N–H and O–H groups in total. The Morgan fingerprint density at radius 3 is 2.42 bits per heavy atom. The fraction of sp³-hybridized carbons (Fsp3) is 0.812. The van der Waals surface area contributed by atoms with Crippen LogP contribution in [0.4, 0.5) is 0 Å². The van der Waals surface area contributed by atoms with E-state index < -0.39 is 0 Å². The van der Waals surface area contributed by atoms with Crippen molar-refractivity contribution in [1.29, 1.82) is 0 Å². The summed E-state index contributed by atoms with van der Waals surface area (Å²) >= 11 is 0. The third kappa shape index (κ3) is 1.94. The largest absolute Gasteiger partial charge is 0.310 e. The van der Waals surface area contributed by atoms with Crippen LogP contribution >= 0.6 is 0 Å². The highest BCUT2D eigenvalue weighted by molar-refractivity contribution is 5.14. The van der Waals surface area contributed by atoms with E-state index in [0.29, 0.717) is 6.04 Å². The molecule has 0 aromatic carbocycles. The smallest absolute Gasteiger partial charge is 0.0535 e. The monoisotopic (exact) mass is 259 g/mol. The molecule has 4 aliphatic carbocycles. The summed E-state index contributed by atoms with van der Waals surface area (Å²) in [6.45, 7) is 3.28. The number of aromatic nitrogens is 2. The Labute approximate surface area is 115 Å². The van der Waals surface area contributed by atoms with Gasteiger partial charge >= 0.3 is 0 Å². The lowest BCUT2D eigenvalue weighted by molar-refractivity contribution is -0.0523. The van der Waals surface area contributed by atoms with E-state index in [4.69, 9.17) is 0 Å². The lowest BCUT2D eigenvalue weighted by Gasteiger charge is -2.56. The van der Waals surface area contributed by atoms with Crippen LogP contribution in [0.1, 0.15) is 50.6 Å². The van der Waals surface area contributed by atoms with Gasteiger partial charge < -0.3 is 5.32 Å². The minimum atomic E-state index is 0.527. The molecule has 1 atom stereocenters. The summed E-state index contributed by atoms with van der Waals surface area (Å²) in [5.41, 5.74) is 1.37. The Kier molecular flexibility index (Phi) is 2.91. The quantitative estimate of drug-likeness (QED) is 0.872. The normalized spacial score (nSPS) is 41.6. The predicted octanol–water partition coefficient (Wildman–Crippen LogP) is 3.13. The van der Waals surface area contributed by atoms with E-state index in [1.165, 1.54) is 37.7 Å². The SMILES string of the molecule is CCNC(c1cn[nH]c1)C1C2CC3CC(C2)CC1C3. The van der Waals surface area contributed by atoms with Crippen LogP contribution in [0.25, 0.3) is 0 Å². The summed E-state index contributed by atoms with van der Waals surface area (Å²) in [6.07, 6.45) is 11.7. The van der Waals surface area contributed by atoms with Crippen molar-refractivity contribution >= 4 is 0 Å². The topological polar surface area (TPSA) is 40.7 Å². The van der Waals surface area contributed by atoms with E-state index in [1.807, 2.05) is 6.20 Å². The van der Waals surface area contributed by atoms with Crippen molar-refractivity contribution in [3.05, 3.63) is 18.0 Å². The maximum atomic E-state index is 4.17. The number of H-pyrrole nitrogens is 1. The summed E-state index contributed by atoms with van der Waals surface area (Å²) in [4.78, 5) is 0. The Bertz CT molecular complexity index is 397. The standard InChI is InChI=1S/C16H25N3/c1-2-17-16(14-8-18-19-9-14)15-12-4-10-3-11(6-12)7-13(15)5-10/h8-13,15-17H,2-7H2,1H3,(H,18,19). The molecule has 0 radical (unpaired) electrons. The molecular weight excluding hydrogens is 234 g/mol. The average Bonchev–Trinajstić information content (AvgIpc) is 2.89. The molecule has 4 aliphatic rings. The Hall–Kier alpha value is -0.830. The minimum Gasteiger partial charge on any atom is -0.310 e. The van der Waals surface area contributed by atoms with E-state index in [0.717, 1.165) is 36.1 Å². The van der Waals surface area contributed by atoms with Gasteiger partial charge in [0.15, 0.2) is 0 Å². The molecule has 4 fully saturated rings. The maximum Gasteiger partial charge on any atom is 0.0535 e. The first kappa shape index (κ1) is 12.0. The second-order valence-corrected chi connectivity index (χ2v) is 7.08. The van der Waals surface area contributed by atoms with Gasteiger partial charge in [0.1, 0.15) is 0 Å². The van der Waals surface area contributed by atoms with E-state index in [9.17, 15) is 0 Å². The molecule has 1 unspecified atom stereocenters. The average molecular weight is 259 g/mol. The number of hydrogen-bond acceptors (Lipinski definition) is 2. The summed E-state index contributed by atoms with van der Waals surface area (Å²) in [5.74, 6) is 4.91. The highest BCUT2D eigenvalue weighted by atomic mass is 15.1. The summed E-state index contributed by atoms with van der Waals surface area (Å²) < 4.78 is 0. The van der Waals surface area contributed by atoms with Crippen LogP contribution < -0.4 is 5.32 Å². The van der Waals surface area contributed by atoms with Gasteiger partial charge in [-0.05, 0) is 68.2 Å². The van der Waals surface area contributed by atoms with Crippen LogP contribution in [0, 0.1) is 29.6 Å². The zero-order valence-electron chi connectivity index (χ0n) is 11.8. The molecule has 5 rings (SSSR count). The molecule has 3 heteroatoms. The second kappa shape index (κ2) is 4.62. The summed E-state index contributed by atoms with van der Waals surface area (Å²) in [7, 11) is 0. The molecule has 1 heterocycles. The lowest BCUT2D eigenvalue weighted by Crippen LogP contribution is -2.49. The van der Waals surface area contributed by atoms with E-state index in [2.05, 4.69) is 28.6 Å². The fourth-order valence-corrected chi connectivity index (χ4v) is 5.64. The molecule has 0 aliphatic heterocycles. The van der Waals surface area contributed by atoms with Gasteiger partial charge in [0, 0.05) is 17.8 Å². The van der Waals surface area contributed by atoms with Crippen molar-refractivity contribution in [1.82, 2.24) is 15.5 Å². The first-order chi connectivity index (χ1) is 9.35. The van der Waals surface area contributed by atoms with Gasteiger partial charge in [0.05, 0.1) is 6.20 Å². The fourth-order valence-electron chi connectivity index (χ4n) is 5.64. The Balaban J connectivity index is 1.62. The minimum absolute atomic E-state index is 0.527. The first-order valence-corrected chi connectivity index (χ1v) is 8.07. The molecule has 1 aromatic heterocycles. The van der Waals surface area contributed by atoms with Crippen molar-refractivity contribution in [3.63, 3.8) is 0 Å². The molecular formula is C16H25N3. The number of hydrogen-bond donors (Lipinski definition) is 2. The molecule has 3 nitrogen and oxygen atoms in total. The van der Waals surface area contributed by atoms with Gasteiger partial charge in [-0.2, -0.15) is 5.10 Å².